The van der Waals surface area contributed by atoms with Gasteiger partial charge in [0.25, 0.3) is 5.56 Å². The number of hydrogen-bond donors (Lipinski definition) is 2. The highest BCUT2D eigenvalue weighted by Crippen LogP contribution is 2.35. The minimum Gasteiger partial charge on any atom is -0.384 e. The summed E-state index contributed by atoms with van der Waals surface area (Å²) in [6.07, 6.45) is 4.62. The van der Waals surface area contributed by atoms with E-state index in [1.165, 1.54) is 22.7 Å². The molecule has 0 saturated heterocycles. The Labute approximate surface area is 150 Å². The molecule has 1 aliphatic carbocycles. The molecule has 0 bridgehead atoms. The number of Topliss-reactive ketones (excluding diaryl/α,β-unsaturated/α-hetero) is 1. The first-order chi connectivity index (χ1) is 12.5. The Morgan fingerprint density at radius 3 is 2.88 bits per heavy atom. The lowest BCUT2D eigenvalue weighted by atomic mass is 10.2. The zero-order valence-electron chi connectivity index (χ0n) is 13.8. The van der Waals surface area contributed by atoms with Gasteiger partial charge >= 0.3 is 5.69 Å². The highest BCUT2D eigenvalue weighted by molar-refractivity contribution is 8.00. The summed E-state index contributed by atoms with van der Waals surface area (Å²) in [5.74, 6) is -0.572. The summed E-state index contributed by atoms with van der Waals surface area (Å²) >= 11 is 1.17. The van der Waals surface area contributed by atoms with E-state index in [1.807, 2.05) is 0 Å². The van der Waals surface area contributed by atoms with E-state index >= 15 is 0 Å². The number of nitrogens with two attached hydrogens (primary N) is 1. The molecule has 4 rings (SSSR count). The summed E-state index contributed by atoms with van der Waals surface area (Å²) in [7, 11) is 1.76. The number of nitrogen functional groups attached to an aromatic ring is 1. The Bertz CT molecular complexity index is 1140. The van der Waals surface area contributed by atoms with Gasteiger partial charge in [0.2, 0.25) is 0 Å². The number of aryl methyl sites for hydroxylation is 1. The molecular weight excluding hydrogens is 358 g/mol. The van der Waals surface area contributed by atoms with Gasteiger partial charge in [0.05, 0.1) is 17.3 Å². The van der Waals surface area contributed by atoms with Crippen LogP contribution in [-0.4, -0.2) is 40.8 Å². The Kier molecular flexibility index (Phi) is 3.87. The number of carbonyl (C=O) groups excluding carboxylic acids is 1. The zero-order chi connectivity index (χ0) is 18.4. The number of carbonyl (C=O) groups is 1. The molecule has 0 aliphatic heterocycles. The zero-order valence-corrected chi connectivity index (χ0v) is 14.6. The molecule has 1 fully saturated rings. The number of H-pyrrole nitrogens is 1. The van der Waals surface area contributed by atoms with Crippen LogP contribution in [-0.2, 0) is 7.05 Å². The lowest BCUT2D eigenvalue weighted by Crippen LogP contribution is -2.36. The van der Waals surface area contributed by atoms with E-state index < -0.39 is 17.0 Å². The fourth-order valence-electron chi connectivity index (χ4n) is 2.79. The van der Waals surface area contributed by atoms with Crippen LogP contribution < -0.4 is 17.0 Å². The molecule has 0 atom stereocenters. The normalized spacial score (nSPS) is 14.0. The molecule has 0 aromatic carbocycles. The minimum absolute atomic E-state index is 0.0445. The van der Waals surface area contributed by atoms with Crippen LogP contribution in [0, 0.1) is 0 Å². The molecule has 0 unspecified atom stereocenters. The topological polar surface area (TPSA) is 142 Å². The van der Waals surface area contributed by atoms with Crippen molar-refractivity contribution in [3.05, 3.63) is 38.9 Å². The summed E-state index contributed by atoms with van der Waals surface area (Å²) < 4.78 is 2.90. The molecule has 3 heterocycles. The highest BCUT2D eigenvalue weighted by Gasteiger charge is 2.30. The van der Waals surface area contributed by atoms with Gasteiger partial charge in [0.1, 0.15) is 22.7 Å². The van der Waals surface area contributed by atoms with E-state index in [-0.39, 0.29) is 23.2 Å². The number of nitrogens with one attached hydrogen (secondary N) is 1. The van der Waals surface area contributed by atoms with Crippen LogP contribution in [0.4, 0.5) is 5.82 Å². The molecule has 26 heavy (non-hydrogen) atoms. The van der Waals surface area contributed by atoms with Crippen molar-refractivity contribution in [2.24, 2.45) is 7.05 Å². The monoisotopic (exact) mass is 373 g/mol. The molecule has 3 N–H and O–H groups in total. The third-order valence-corrected chi connectivity index (χ3v) is 5.21. The third-order valence-electron chi connectivity index (χ3n) is 4.21. The Morgan fingerprint density at radius 2 is 2.15 bits per heavy atom. The molecule has 11 heteroatoms. The number of hydrogen-bond acceptors (Lipinski definition) is 8. The number of thioether (sulfide) groups is 1. The van der Waals surface area contributed by atoms with Gasteiger partial charge in [-0.05, 0) is 12.8 Å². The van der Waals surface area contributed by atoms with Crippen LogP contribution in [0.3, 0.4) is 0 Å². The molecule has 3 aromatic rings. The van der Waals surface area contributed by atoms with E-state index in [0.29, 0.717) is 10.7 Å². The van der Waals surface area contributed by atoms with Crippen molar-refractivity contribution in [2.45, 2.75) is 23.9 Å². The van der Waals surface area contributed by atoms with Gasteiger partial charge in [-0.1, -0.05) is 11.8 Å². The summed E-state index contributed by atoms with van der Waals surface area (Å²) in [6, 6.07) is -0.0459. The lowest BCUT2D eigenvalue weighted by Gasteiger charge is -2.10. The maximum Gasteiger partial charge on any atom is 0.330 e. The first kappa shape index (κ1) is 16.5. The second-order valence-electron chi connectivity index (χ2n) is 6.02. The summed E-state index contributed by atoms with van der Waals surface area (Å²) in [5.41, 5.74) is 5.09. The van der Waals surface area contributed by atoms with Gasteiger partial charge < -0.3 is 5.73 Å². The number of rotatable bonds is 5. The Hall–Kier alpha value is -2.95. The summed E-state index contributed by atoms with van der Waals surface area (Å²) in [5, 5.41) is 5.43. The van der Waals surface area contributed by atoms with Gasteiger partial charge in [-0.2, -0.15) is 5.10 Å². The molecule has 1 aliphatic rings. The molecule has 0 amide bonds. The molecule has 134 valence electrons. The van der Waals surface area contributed by atoms with Crippen LogP contribution in [0.15, 0.2) is 27.1 Å². The SMILES string of the molecule is Cn1ncc2c(SCC(=O)c3c(N)n(C4CC4)c(=O)[nH]c3=O)ncnc21. The van der Waals surface area contributed by atoms with Crippen LogP contribution in [0.5, 0.6) is 0 Å². The van der Waals surface area contributed by atoms with E-state index in [9.17, 15) is 14.4 Å². The van der Waals surface area contributed by atoms with E-state index in [4.69, 9.17) is 5.73 Å². The number of aromatic amines is 1. The number of fused-ring (bicyclic) bond motifs is 1. The largest absolute Gasteiger partial charge is 0.384 e. The number of ketones is 1. The van der Waals surface area contributed by atoms with Crippen LogP contribution in [0.1, 0.15) is 29.2 Å². The standard InChI is InChI=1S/C15H15N7O3S/c1-21-12-8(4-19-21)14(18-6-17-12)26-5-9(23)10-11(16)22(7-2-3-7)15(25)20-13(10)24/h4,6-7H,2-3,5,16H2,1H3,(H,20,24,25). The fraction of sp³-hybridized carbons (Fsp3) is 0.333. The van der Waals surface area contributed by atoms with E-state index in [2.05, 4.69) is 20.1 Å². The van der Waals surface area contributed by atoms with Gasteiger partial charge in [-0.3, -0.25) is 23.8 Å². The first-order valence-corrected chi connectivity index (χ1v) is 8.89. The first-order valence-electron chi connectivity index (χ1n) is 7.90. The molecule has 1 saturated carbocycles. The Morgan fingerprint density at radius 1 is 1.38 bits per heavy atom. The molecule has 0 radical (unpaired) electrons. The van der Waals surface area contributed by atoms with Crippen molar-refractivity contribution >= 4 is 34.4 Å². The molecule has 3 aromatic heterocycles. The van der Waals surface area contributed by atoms with Crippen molar-refractivity contribution in [1.29, 1.82) is 0 Å². The van der Waals surface area contributed by atoms with Crippen molar-refractivity contribution in [3.8, 4) is 0 Å². The molecule has 10 nitrogen and oxygen atoms in total. The summed E-state index contributed by atoms with van der Waals surface area (Å²) in [6.45, 7) is 0. The lowest BCUT2D eigenvalue weighted by molar-refractivity contribution is 0.102. The van der Waals surface area contributed by atoms with Gasteiger partial charge in [-0.15, -0.1) is 0 Å². The molecular formula is C15H15N7O3S. The summed E-state index contributed by atoms with van der Waals surface area (Å²) in [4.78, 5) is 47.1. The molecule has 0 spiro atoms. The van der Waals surface area contributed by atoms with E-state index in [1.54, 1.807) is 17.9 Å². The maximum atomic E-state index is 12.6. The van der Waals surface area contributed by atoms with Crippen molar-refractivity contribution < 1.29 is 4.79 Å². The van der Waals surface area contributed by atoms with Crippen molar-refractivity contribution in [2.75, 3.05) is 11.5 Å². The second kappa shape index (κ2) is 6.09. The van der Waals surface area contributed by atoms with Gasteiger partial charge in [0, 0.05) is 13.1 Å². The predicted octanol–water partition coefficient (Wildman–Crippen LogP) is 0.105. The average molecular weight is 373 g/mol. The average Bonchev–Trinajstić information content (AvgIpc) is 3.35. The second-order valence-corrected chi connectivity index (χ2v) is 6.98. The smallest absolute Gasteiger partial charge is 0.330 e. The number of anilines is 1. The van der Waals surface area contributed by atoms with Crippen molar-refractivity contribution in [1.82, 2.24) is 29.3 Å². The van der Waals surface area contributed by atoms with Crippen LogP contribution in [0.25, 0.3) is 11.0 Å². The fourth-order valence-corrected chi connectivity index (χ4v) is 3.63. The third kappa shape index (κ3) is 2.69. The predicted molar refractivity (Wildman–Crippen MR) is 95.4 cm³/mol. The number of aromatic nitrogens is 6. The minimum atomic E-state index is -0.760. The van der Waals surface area contributed by atoms with Gasteiger partial charge in [-0.25, -0.2) is 14.8 Å². The highest BCUT2D eigenvalue weighted by atomic mass is 32.2. The quantitative estimate of drug-likeness (QED) is 0.364. The Balaban J connectivity index is 1.64. The number of nitrogens with zero attached hydrogens (tertiary/aromatic N) is 5. The van der Waals surface area contributed by atoms with Crippen LogP contribution in [0.2, 0.25) is 0 Å². The van der Waals surface area contributed by atoms with Crippen LogP contribution >= 0.6 is 11.8 Å². The van der Waals surface area contributed by atoms with E-state index in [0.717, 1.165) is 18.2 Å². The van der Waals surface area contributed by atoms with Gasteiger partial charge in [0.15, 0.2) is 11.4 Å². The van der Waals surface area contributed by atoms with Crippen molar-refractivity contribution in [3.63, 3.8) is 0 Å². The maximum absolute atomic E-state index is 12.6.